The van der Waals surface area contributed by atoms with Gasteiger partial charge in [-0.1, -0.05) is 6.92 Å². The molecule has 122 valence electrons. The van der Waals surface area contributed by atoms with Crippen LogP contribution in [0.2, 0.25) is 0 Å². The number of carbonyl (C=O) groups is 3. The van der Waals surface area contributed by atoms with Gasteiger partial charge in [-0.05, 0) is 20.3 Å². The number of carboxylic acid groups (broad SMARTS) is 1. The van der Waals surface area contributed by atoms with Gasteiger partial charge in [-0.15, -0.1) is 0 Å². The minimum atomic E-state index is -4.82. The Hall–Kier alpha value is -1.68. The van der Waals surface area contributed by atoms with Crippen molar-refractivity contribution in [2.24, 2.45) is 17.3 Å². The zero-order valence-corrected chi connectivity index (χ0v) is 12.9. The molecule has 0 aliphatic heterocycles. The Morgan fingerprint density at radius 3 is 2.10 bits per heavy atom. The lowest BCUT2D eigenvalue weighted by molar-refractivity contribution is -0.155. The molecule has 0 aromatic carbocycles. The molecule has 3 N–H and O–H groups in total. The third kappa shape index (κ3) is 6.08. The van der Waals surface area contributed by atoms with E-state index in [1.54, 1.807) is 0 Å². The van der Waals surface area contributed by atoms with E-state index in [2.05, 4.69) is 4.74 Å². The number of nitrogens with one attached hydrogen (secondary N) is 1. The molecule has 2 atom stereocenters. The predicted molar refractivity (Wildman–Crippen MR) is 70.4 cm³/mol. The van der Waals surface area contributed by atoms with Crippen molar-refractivity contribution in [3.8, 4) is 0 Å². The standard InChI is InChI=1S/C11H19NO8S/c1-6(9(14)15)7(8(13)12-21(17,18)19)5-11(2,3)10(16)20-4/h6-7H,5H2,1-4H3,(H,12,13)(H,14,15)(H,17,18,19). The van der Waals surface area contributed by atoms with E-state index in [-0.39, 0.29) is 6.42 Å². The van der Waals surface area contributed by atoms with Crippen LogP contribution in [0, 0.1) is 17.3 Å². The smallest absolute Gasteiger partial charge is 0.359 e. The van der Waals surface area contributed by atoms with Crippen LogP contribution in [0.3, 0.4) is 0 Å². The first kappa shape index (κ1) is 19.3. The summed E-state index contributed by atoms with van der Waals surface area (Å²) in [7, 11) is -3.68. The molecule has 0 spiro atoms. The Balaban J connectivity index is 5.40. The van der Waals surface area contributed by atoms with Crippen molar-refractivity contribution in [3.05, 3.63) is 0 Å². The fraction of sp³-hybridized carbons (Fsp3) is 0.727. The maximum Gasteiger partial charge on any atom is 0.359 e. The number of methoxy groups -OCH3 is 1. The average molecular weight is 325 g/mol. The first-order chi connectivity index (χ1) is 9.31. The molecule has 0 aliphatic carbocycles. The molecule has 1 amide bonds. The zero-order valence-electron chi connectivity index (χ0n) is 12.1. The van der Waals surface area contributed by atoms with Gasteiger partial charge >= 0.3 is 22.2 Å². The highest BCUT2D eigenvalue weighted by molar-refractivity contribution is 7.84. The van der Waals surface area contributed by atoms with Crippen molar-refractivity contribution >= 4 is 28.1 Å². The summed E-state index contributed by atoms with van der Waals surface area (Å²) in [6.45, 7) is 4.06. The van der Waals surface area contributed by atoms with Gasteiger partial charge in [0.05, 0.1) is 24.4 Å². The van der Waals surface area contributed by atoms with Crippen LogP contribution < -0.4 is 4.72 Å². The summed E-state index contributed by atoms with van der Waals surface area (Å²) in [5, 5.41) is 8.98. The highest BCUT2D eigenvalue weighted by Gasteiger charge is 2.40. The van der Waals surface area contributed by atoms with Gasteiger partial charge in [-0.3, -0.25) is 18.9 Å². The second-order valence-corrected chi connectivity index (χ2v) is 6.41. The Labute approximate surface area is 122 Å². The van der Waals surface area contributed by atoms with Gasteiger partial charge < -0.3 is 9.84 Å². The van der Waals surface area contributed by atoms with E-state index in [4.69, 9.17) is 9.66 Å². The molecule has 0 rings (SSSR count). The maximum atomic E-state index is 11.8. The number of ether oxygens (including phenoxy) is 1. The molecule has 0 heterocycles. The molecule has 21 heavy (non-hydrogen) atoms. The van der Waals surface area contributed by atoms with E-state index >= 15 is 0 Å². The number of rotatable bonds is 7. The summed E-state index contributed by atoms with van der Waals surface area (Å²) in [6.07, 6.45) is -0.269. The first-order valence-electron chi connectivity index (χ1n) is 5.92. The lowest BCUT2D eigenvalue weighted by Gasteiger charge is -2.28. The van der Waals surface area contributed by atoms with Crippen molar-refractivity contribution in [1.29, 1.82) is 0 Å². The highest BCUT2D eigenvalue weighted by atomic mass is 32.2. The van der Waals surface area contributed by atoms with Crippen LogP contribution in [0.5, 0.6) is 0 Å². The Morgan fingerprint density at radius 1 is 1.29 bits per heavy atom. The number of carbonyl (C=O) groups excluding carboxylic acids is 2. The molecular formula is C11H19NO8S. The van der Waals surface area contributed by atoms with Gasteiger partial charge in [0.2, 0.25) is 5.91 Å². The summed E-state index contributed by atoms with van der Waals surface area (Å²) < 4.78 is 35.8. The summed E-state index contributed by atoms with van der Waals surface area (Å²) in [4.78, 5) is 34.5. The molecule has 0 aliphatic rings. The van der Waals surface area contributed by atoms with Crippen molar-refractivity contribution in [1.82, 2.24) is 4.72 Å². The van der Waals surface area contributed by atoms with Gasteiger partial charge in [0.15, 0.2) is 0 Å². The normalized spacial score (nSPS) is 14.9. The van der Waals surface area contributed by atoms with E-state index in [0.29, 0.717) is 0 Å². The Kier molecular flexibility index (Phi) is 6.30. The van der Waals surface area contributed by atoms with Gasteiger partial charge in [-0.2, -0.15) is 8.42 Å². The minimum Gasteiger partial charge on any atom is -0.481 e. The number of hydrogen-bond acceptors (Lipinski definition) is 6. The van der Waals surface area contributed by atoms with Crippen LogP contribution in [0.1, 0.15) is 27.2 Å². The molecule has 0 radical (unpaired) electrons. The molecule has 0 aromatic heterocycles. The number of esters is 1. The predicted octanol–water partition coefficient (Wildman–Crippen LogP) is -0.168. The number of amides is 1. The second kappa shape index (κ2) is 6.85. The van der Waals surface area contributed by atoms with E-state index in [0.717, 1.165) is 7.11 Å². The molecule has 2 unspecified atom stereocenters. The molecule has 10 heteroatoms. The zero-order chi connectivity index (χ0) is 17.0. The topological polar surface area (TPSA) is 147 Å². The molecule has 9 nitrogen and oxygen atoms in total. The Morgan fingerprint density at radius 2 is 1.76 bits per heavy atom. The molecular weight excluding hydrogens is 306 g/mol. The van der Waals surface area contributed by atoms with Crippen LogP contribution >= 0.6 is 0 Å². The van der Waals surface area contributed by atoms with Gasteiger partial charge in [-0.25, -0.2) is 4.72 Å². The third-order valence-electron chi connectivity index (χ3n) is 3.03. The number of aliphatic carboxylic acids is 1. The van der Waals surface area contributed by atoms with Crippen LogP contribution in [0.25, 0.3) is 0 Å². The largest absolute Gasteiger partial charge is 0.481 e. The van der Waals surface area contributed by atoms with Crippen molar-refractivity contribution in [2.75, 3.05) is 7.11 Å². The van der Waals surface area contributed by atoms with E-state index in [1.165, 1.54) is 25.5 Å². The minimum absolute atomic E-state index is 0.269. The Bertz CT molecular complexity index is 524. The van der Waals surface area contributed by atoms with Gasteiger partial charge in [0.1, 0.15) is 0 Å². The van der Waals surface area contributed by atoms with E-state index in [1.807, 2.05) is 0 Å². The lowest BCUT2D eigenvalue weighted by Crippen LogP contribution is -2.43. The number of carboxylic acids is 1. The third-order valence-corrected chi connectivity index (χ3v) is 3.49. The molecule has 0 saturated carbocycles. The van der Waals surface area contributed by atoms with Crippen molar-refractivity contribution in [2.45, 2.75) is 27.2 Å². The van der Waals surface area contributed by atoms with Crippen LogP contribution in [-0.2, 0) is 29.4 Å². The summed E-state index contributed by atoms with van der Waals surface area (Å²) in [6, 6.07) is 0. The second-order valence-electron chi connectivity index (χ2n) is 5.25. The van der Waals surface area contributed by atoms with Crippen molar-refractivity contribution < 1.29 is 37.2 Å². The van der Waals surface area contributed by atoms with Crippen LogP contribution in [0.15, 0.2) is 0 Å². The molecule has 0 bridgehead atoms. The van der Waals surface area contributed by atoms with E-state index < -0.39 is 45.4 Å². The maximum absolute atomic E-state index is 11.8. The van der Waals surface area contributed by atoms with Gasteiger partial charge in [0, 0.05) is 0 Å². The SMILES string of the molecule is COC(=O)C(C)(C)CC(C(=O)NS(=O)(=O)O)C(C)C(=O)O. The fourth-order valence-corrected chi connectivity index (χ4v) is 2.19. The van der Waals surface area contributed by atoms with Crippen molar-refractivity contribution in [3.63, 3.8) is 0 Å². The number of hydrogen-bond donors (Lipinski definition) is 3. The lowest BCUT2D eigenvalue weighted by atomic mass is 9.77. The van der Waals surface area contributed by atoms with Gasteiger partial charge in [0.25, 0.3) is 0 Å². The summed E-state index contributed by atoms with van der Waals surface area (Å²) >= 11 is 0. The van der Waals surface area contributed by atoms with E-state index in [9.17, 15) is 22.8 Å². The fourth-order valence-electron chi connectivity index (χ4n) is 1.78. The summed E-state index contributed by atoms with van der Waals surface area (Å²) in [5.41, 5.74) is -1.21. The quantitative estimate of drug-likeness (QED) is 0.432. The monoisotopic (exact) mass is 325 g/mol. The van der Waals surface area contributed by atoms with Crippen LogP contribution in [0.4, 0.5) is 0 Å². The molecule has 0 saturated heterocycles. The summed E-state index contributed by atoms with van der Waals surface area (Å²) in [5.74, 6) is -5.84. The van der Waals surface area contributed by atoms with Crippen LogP contribution in [-0.4, -0.2) is 43.0 Å². The average Bonchev–Trinajstić information content (AvgIpc) is 2.31. The molecule has 0 fully saturated rings. The molecule has 0 aromatic rings. The first-order valence-corrected chi connectivity index (χ1v) is 7.36. The highest BCUT2D eigenvalue weighted by Crippen LogP contribution is 2.31.